The van der Waals surface area contributed by atoms with Gasteiger partial charge >= 0.3 is 0 Å². The molecule has 1 aliphatic heterocycles. The summed E-state index contributed by atoms with van der Waals surface area (Å²) in [5.74, 6) is -0.121. The highest BCUT2D eigenvalue weighted by molar-refractivity contribution is 7.89. The molecule has 1 N–H and O–H groups in total. The van der Waals surface area contributed by atoms with E-state index in [0.717, 1.165) is 18.4 Å². The molecular formula is C24H30N2O3S. The molecule has 2 aromatic carbocycles. The minimum absolute atomic E-state index is 0.0250. The number of nitrogens with zero attached hydrogens (tertiary/aromatic N) is 1. The van der Waals surface area contributed by atoms with Gasteiger partial charge in [-0.1, -0.05) is 36.4 Å². The number of rotatable bonds is 5. The van der Waals surface area contributed by atoms with Gasteiger partial charge in [0.25, 0.3) is 0 Å². The molecule has 1 aliphatic carbocycles. The van der Waals surface area contributed by atoms with Gasteiger partial charge in [0.2, 0.25) is 15.9 Å². The molecule has 1 amide bonds. The Morgan fingerprint density at radius 2 is 1.67 bits per heavy atom. The SMILES string of the molecule is CC(NC(=O)C1CCN(S(=O)(=O)c2ccccc2)CC1)c1ccc2c(c1)CCCC2. The van der Waals surface area contributed by atoms with Crippen LogP contribution in [0.3, 0.4) is 0 Å². The fourth-order valence-electron chi connectivity index (χ4n) is 4.54. The zero-order chi connectivity index (χ0) is 21.1. The second-order valence-corrected chi connectivity index (χ2v) is 10.4. The van der Waals surface area contributed by atoms with Gasteiger partial charge < -0.3 is 5.32 Å². The molecule has 2 aromatic rings. The first-order valence-corrected chi connectivity index (χ1v) is 12.4. The Labute approximate surface area is 179 Å². The number of carbonyl (C=O) groups is 1. The number of nitrogens with one attached hydrogen (secondary N) is 1. The van der Waals surface area contributed by atoms with Crippen molar-refractivity contribution in [3.63, 3.8) is 0 Å². The Hall–Kier alpha value is -2.18. The van der Waals surface area contributed by atoms with E-state index in [9.17, 15) is 13.2 Å². The van der Waals surface area contributed by atoms with E-state index in [-0.39, 0.29) is 17.9 Å². The lowest BCUT2D eigenvalue weighted by molar-refractivity contribution is -0.126. The number of hydrogen-bond acceptors (Lipinski definition) is 3. The Morgan fingerprint density at radius 1 is 1.00 bits per heavy atom. The summed E-state index contributed by atoms with van der Waals surface area (Å²) in [6, 6.07) is 15.0. The Morgan fingerprint density at radius 3 is 2.37 bits per heavy atom. The second kappa shape index (κ2) is 8.90. The molecule has 1 fully saturated rings. The van der Waals surface area contributed by atoms with Crippen LogP contribution in [0.4, 0.5) is 0 Å². The summed E-state index contributed by atoms with van der Waals surface area (Å²) in [5.41, 5.74) is 4.00. The van der Waals surface area contributed by atoms with E-state index in [1.54, 1.807) is 30.3 Å². The minimum Gasteiger partial charge on any atom is -0.349 e. The highest BCUT2D eigenvalue weighted by Crippen LogP contribution is 2.27. The van der Waals surface area contributed by atoms with Crippen molar-refractivity contribution in [2.45, 2.75) is 56.4 Å². The van der Waals surface area contributed by atoms with Crippen molar-refractivity contribution < 1.29 is 13.2 Å². The van der Waals surface area contributed by atoms with E-state index in [2.05, 4.69) is 23.5 Å². The molecule has 1 heterocycles. The standard InChI is InChI=1S/C24H30N2O3S/c1-18(21-12-11-19-7-5-6-8-22(19)17-21)25-24(27)20-13-15-26(16-14-20)30(28,29)23-9-3-2-4-10-23/h2-4,9-12,17-18,20H,5-8,13-16H2,1H3,(H,25,27). The lowest BCUT2D eigenvalue weighted by atomic mass is 9.89. The lowest BCUT2D eigenvalue weighted by Crippen LogP contribution is -2.43. The van der Waals surface area contributed by atoms with Gasteiger partial charge in [0.05, 0.1) is 10.9 Å². The molecule has 160 valence electrons. The summed E-state index contributed by atoms with van der Waals surface area (Å²) < 4.78 is 27.0. The number of carbonyl (C=O) groups excluding carboxylic acids is 1. The molecule has 4 rings (SSSR count). The van der Waals surface area contributed by atoms with Gasteiger partial charge in [-0.3, -0.25) is 4.79 Å². The van der Waals surface area contributed by atoms with Crippen LogP contribution in [0.1, 0.15) is 55.3 Å². The molecule has 0 saturated carbocycles. The number of benzene rings is 2. The van der Waals surface area contributed by atoms with Crippen LogP contribution in [0.15, 0.2) is 53.4 Å². The van der Waals surface area contributed by atoms with Crippen LogP contribution in [-0.4, -0.2) is 31.7 Å². The minimum atomic E-state index is -3.48. The number of piperidine rings is 1. The Kier molecular flexibility index (Phi) is 6.25. The van der Waals surface area contributed by atoms with Crippen molar-refractivity contribution in [2.75, 3.05) is 13.1 Å². The van der Waals surface area contributed by atoms with Crippen LogP contribution >= 0.6 is 0 Å². The molecule has 30 heavy (non-hydrogen) atoms. The maximum Gasteiger partial charge on any atom is 0.243 e. The van der Waals surface area contributed by atoms with Crippen LogP contribution in [0, 0.1) is 5.92 Å². The van der Waals surface area contributed by atoms with Crippen molar-refractivity contribution in [1.82, 2.24) is 9.62 Å². The molecule has 5 nitrogen and oxygen atoms in total. The van der Waals surface area contributed by atoms with Crippen molar-refractivity contribution in [2.24, 2.45) is 5.92 Å². The normalized spacial score (nSPS) is 19.1. The predicted octanol–water partition coefficient (Wildman–Crippen LogP) is 3.84. The van der Waals surface area contributed by atoms with Gasteiger partial charge in [0.1, 0.15) is 0 Å². The highest BCUT2D eigenvalue weighted by Gasteiger charge is 2.32. The first kappa shape index (κ1) is 21.1. The molecule has 0 radical (unpaired) electrons. The van der Waals surface area contributed by atoms with Gasteiger partial charge in [-0.15, -0.1) is 0 Å². The summed E-state index contributed by atoms with van der Waals surface area (Å²) >= 11 is 0. The second-order valence-electron chi connectivity index (χ2n) is 8.46. The predicted molar refractivity (Wildman–Crippen MR) is 118 cm³/mol. The van der Waals surface area contributed by atoms with Gasteiger partial charge in [0.15, 0.2) is 0 Å². The summed E-state index contributed by atoms with van der Waals surface area (Å²) in [4.78, 5) is 13.1. The summed E-state index contributed by atoms with van der Waals surface area (Å²) in [6.07, 6.45) is 5.88. The third kappa shape index (κ3) is 4.44. The molecule has 0 aromatic heterocycles. The number of aryl methyl sites for hydroxylation is 2. The maximum absolute atomic E-state index is 12.8. The summed E-state index contributed by atoms with van der Waals surface area (Å²) in [5, 5.41) is 3.15. The zero-order valence-corrected chi connectivity index (χ0v) is 18.3. The molecule has 0 spiro atoms. The largest absolute Gasteiger partial charge is 0.349 e. The molecule has 0 bridgehead atoms. The van der Waals surface area contributed by atoms with Crippen molar-refractivity contribution in [3.8, 4) is 0 Å². The molecular weight excluding hydrogens is 396 g/mol. The van der Waals surface area contributed by atoms with Gasteiger partial charge in [-0.05, 0) is 74.3 Å². The zero-order valence-electron chi connectivity index (χ0n) is 17.5. The first-order valence-electron chi connectivity index (χ1n) is 10.9. The van der Waals surface area contributed by atoms with Gasteiger partial charge in [-0.25, -0.2) is 8.42 Å². The fourth-order valence-corrected chi connectivity index (χ4v) is 6.03. The average molecular weight is 427 g/mol. The molecule has 2 aliphatic rings. The molecule has 6 heteroatoms. The topological polar surface area (TPSA) is 66.5 Å². The molecule has 1 saturated heterocycles. The molecule has 1 unspecified atom stereocenters. The van der Waals surface area contributed by atoms with E-state index >= 15 is 0 Å². The third-order valence-electron chi connectivity index (χ3n) is 6.44. The van der Waals surface area contributed by atoms with Gasteiger partial charge in [-0.2, -0.15) is 4.31 Å². The van der Waals surface area contributed by atoms with Crippen molar-refractivity contribution >= 4 is 15.9 Å². The average Bonchev–Trinajstić information content (AvgIpc) is 2.79. The number of amides is 1. The van der Waals surface area contributed by atoms with E-state index in [4.69, 9.17) is 0 Å². The van der Waals surface area contributed by atoms with E-state index in [1.165, 1.54) is 28.3 Å². The van der Waals surface area contributed by atoms with Crippen LogP contribution < -0.4 is 5.32 Å². The number of fused-ring (bicyclic) bond motifs is 1. The monoisotopic (exact) mass is 426 g/mol. The summed E-state index contributed by atoms with van der Waals surface area (Å²) in [6.45, 7) is 2.78. The van der Waals surface area contributed by atoms with Crippen molar-refractivity contribution in [1.29, 1.82) is 0 Å². The Bertz CT molecular complexity index is 996. The van der Waals surface area contributed by atoms with E-state index in [1.807, 2.05) is 6.92 Å². The quantitative estimate of drug-likeness (QED) is 0.790. The van der Waals surface area contributed by atoms with Crippen LogP contribution in [0.25, 0.3) is 0 Å². The maximum atomic E-state index is 12.8. The lowest BCUT2D eigenvalue weighted by Gasteiger charge is -2.31. The van der Waals surface area contributed by atoms with Gasteiger partial charge in [0, 0.05) is 19.0 Å². The van der Waals surface area contributed by atoms with E-state index in [0.29, 0.717) is 30.8 Å². The number of sulfonamides is 1. The highest BCUT2D eigenvalue weighted by atomic mass is 32.2. The Balaban J connectivity index is 1.34. The number of hydrogen-bond donors (Lipinski definition) is 1. The van der Waals surface area contributed by atoms with Crippen LogP contribution in [0.5, 0.6) is 0 Å². The smallest absolute Gasteiger partial charge is 0.243 e. The first-order chi connectivity index (χ1) is 14.4. The fraction of sp³-hybridized carbons (Fsp3) is 0.458. The molecule has 1 atom stereocenters. The van der Waals surface area contributed by atoms with E-state index < -0.39 is 10.0 Å². The van der Waals surface area contributed by atoms with Crippen LogP contribution in [0.2, 0.25) is 0 Å². The van der Waals surface area contributed by atoms with Crippen LogP contribution in [-0.2, 0) is 27.7 Å². The summed E-state index contributed by atoms with van der Waals surface area (Å²) in [7, 11) is -3.48. The van der Waals surface area contributed by atoms with Crippen molar-refractivity contribution in [3.05, 3.63) is 65.2 Å². The third-order valence-corrected chi connectivity index (χ3v) is 8.35.